The lowest BCUT2D eigenvalue weighted by Crippen LogP contribution is -2.03. The largest absolute Gasteiger partial charge is 0.381 e. The smallest absolute Gasteiger partial charge is 0.269 e. The molecule has 0 aromatic heterocycles. The molecule has 2 rings (SSSR count). The highest BCUT2D eigenvalue weighted by Gasteiger charge is 2.08. The maximum absolute atomic E-state index is 13.0. The Morgan fingerprint density at radius 2 is 1.90 bits per heavy atom. The van der Waals surface area contributed by atoms with E-state index in [9.17, 15) is 14.5 Å². The molecule has 0 aliphatic carbocycles. The zero-order chi connectivity index (χ0) is 14.7. The number of non-ortho nitro benzene ring substituents is 1. The minimum atomic E-state index is -0.416. The summed E-state index contributed by atoms with van der Waals surface area (Å²) in [6.45, 7) is 4.21. The van der Waals surface area contributed by atoms with Crippen LogP contribution in [0, 0.1) is 29.8 Å². The first kappa shape index (κ1) is 14.0. The van der Waals surface area contributed by atoms with Crippen molar-refractivity contribution in [2.45, 2.75) is 20.4 Å². The molecular weight excluding hydrogens is 259 g/mol. The SMILES string of the molecule is Cc1cc(F)ccc1CNc1ccc([N+](=O)[O-])cc1C. The Morgan fingerprint density at radius 1 is 1.15 bits per heavy atom. The van der Waals surface area contributed by atoms with Crippen LogP contribution < -0.4 is 5.32 Å². The van der Waals surface area contributed by atoms with Gasteiger partial charge in [0, 0.05) is 24.4 Å². The molecule has 0 saturated carbocycles. The van der Waals surface area contributed by atoms with Gasteiger partial charge in [-0.1, -0.05) is 6.07 Å². The Hall–Kier alpha value is -2.43. The predicted molar refractivity (Wildman–Crippen MR) is 76.3 cm³/mol. The van der Waals surface area contributed by atoms with E-state index in [1.54, 1.807) is 12.1 Å². The highest BCUT2D eigenvalue weighted by molar-refractivity contribution is 5.55. The molecule has 2 aromatic rings. The van der Waals surface area contributed by atoms with Gasteiger partial charge in [-0.15, -0.1) is 0 Å². The van der Waals surface area contributed by atoms with Crippen molar-refractivity contribution in [3.63, 3.8) is 0 Å². The van der Waals surface area contributed by atoms with Crippen molar-refractivity contribution in [2.75, 3.05) is 5.32 Å². The molecule has 0 bridgehead atoms. The van der Waals surface area contributed by atoms with E-state index in [4.69, 9.17) is 0 Å². The lowest BCUT2D eigenvalue weighted by atomic mass is 10.1. The fourth-order valence-corrected chi connectivity index (χ4v) is 2.01. The van der Waals surface area contributed by atoms with Crippen molar-refractivity contribution in [3.8, 4) is 0 Å². The number of aryl methyl sites for hydroxylation is 2. The number of nitro benzene ring substituents is 1. The molecule has 0 fully saturated rings. The van der Waals surface area contributed by atoms with Crippen LogP contribution in [0.3, 0.4) is 0 Å². The van der Waals surface area contributed by atoms with E-state index in [1.807, 2.05) is 13.8 Å². The van der Waals surface area contributed by atoms with Gasteiger partial charge in [0.05, 0.1) is 4.92 Å². The highest BCUT2D eigenvalue weighted by atomic mass is 19.1. The van der Waals surface area contributed by atoms with Crippen LogP contribution in [0.2, 0.25) is 0 Å². The molecule has 5 heteroatoms. The molecule has 0 heterocycles. The number of anilines is 1. The molecule has 0 aliphatic rings. The van der Waals surface area contributed by atoms with Gasteiger partial charge in [0.15, 0.2) is 0 Å². The van der Waals surface area contributed by atoms with Gasteiger partial charge in [-0.05, 0) is 48.7 Å². The number of halogens is 1. The molecule has 0 atom stereocenters. The molecule has 0 radical (unpaired) electrons. The first-order chi connectivity index (χ1) is 9.47. The van der Waals surface area contributed by atoms with E-state index in [-0.39, 0.29) is 11.5 Å². The monoisotopic (exact) mass is 274 g/mol. The van der Waals surface area contributed by atoms with E-state index < -0.39 is 4.92 Å². The number of nitrogens with zero attached hydrogens (tertiary/aromatic N) is 1. The summed E-state index contributed by atoms with van der Waals surface area (Å²) in [4.78, 5) is 10.3. The molecular formula is C15H15FN2O2. The van der Waals surface area contributed by atoms with Gasteiger partial charge in [-0.25, -0.2) is 4.39 Å². The van der Waals surface area contributed by atoms with E-state index >= 15 is 0 Å². The van der Waals surface area contributed by atoms with E-state index in [2.05, 4.69) is 5.32 Å². The zero-order valence-electron chi connectivity index (χ0n) is 11.3. The molecule has 1 N–H and O–H groups in total. The molecule has 0 unspecified atom stereocenters. The maximum atomic E-state index is 13.0. The van der Waals surface area contributed by atoms with Crippen molar-refractivity contribution in [1.29, 1.82) is 0 Å². The molecule has 104 valence electrons. The summed E-state index contributed by atoms with van der Waals surface area (Å²) >= 11 is 0. The molecule has 0 spiro atoms. The minimum absolute atomic E-state index is 0.0750. The number of nitro groups is 1. The van der Waals surface area contributed by atoms with Crippen molar-refractivity contribution in [2.24, 2.45) is 0 Å². The van der Waals surface area contributed by atoms with Gasteiger partial charge in [-0.2, -0.15) is 0 Å². The Bertz CT molecular complexity index is 656. The van der Waals surface area contributed by atoms with Crippen molar-refractivity contribution >= 4 is 11.4 Å². The van der Waals surface area contributed by atoms with Gasteiger partial charge in [0.25, 0.3) is 5.69 Å². The van der Waals surface area contributed by atoms with Gasteiger partial charge in [0.1, 0.15) is 5.82 Å². The summed E-state index contributed by atoms with van der Waals surface area (Å²) in [5.74, 6) is -0.252. The second-order valence-electron chi connectivity index (χ2n) is 4.68. The van der Waals surface area contributed by atoms with E-state index in [1.165, 1.54) is 24.3 Å². The van der Waals surface area contributed by atoms with Crippen LogP contribution in [0.5, 0.6) is 0 Å². The Balaban J connectivity index is 2.13. The Kier molecular flexibility index (Phi) is 3.98. The Labute approximate surface area is 116 Å². The highest BCUT2D eigenvalue weighted by Crippen LogP contribution is 2.22. The third-order valence-corrected chi connectivity index (χ3v) is 3.19. The van der Waals surface area contributed by atoms with Crippen molar-refractivity contribution < 1.29 is 9.31 Å². The van der Waals surface area contributed by atoms with Crippen LogP contribution in [-0.2, 0) is 6.54 Å². The quantitative estimate of drug-likeness (QED) is 0.678. The molecule has 0 amide bonds. The summed E-state index contributed by atoms with van der Waals surface area (Å²) < 4.78 is 13.0. The first-order valence-electron chi connectivity index (χ1n) is 6.21. The summed E-state index contributed by atoms with van der Waals surface area (Å²) in [6, 6.07) is 9.32. The molecule has 4 nitrogen and oxygen atoms in total. The van der Waals surface area contributed by atoms with E-state index in [0.29, 0.717) is 6.54 Å². The standard InChI is InChI=1S/C15H15FN2O2/c1-10-7-13(16)4-3-12(10)9-17-15-6-5-14(18(19)20)8-11(15)2/h3-8,17H,9H2,1-2H3. The second-order valence-corrected chi connectivity index (χ2v) is 4.68. The maximum Gasteiger partial charge on any atom is 0.269 e. The minimum Gasteiger partial charge on any atom is -0.381 e. The van der Waals surface area contributed by atoms with Crippen molar-refractivity contribution in [1.82, 2.24) is 0 Å². The average molecular weight is 274 g/mol. The topological polar surface area (TPSA) is 55.2 Å². The van der Waals surface area contributed by atoms with Crippen LogP contribution in [0.4, 0.5) is 15.8 Å². The van der Waals surface area contributed by atoms with Gasteiger partial charge in [0.2, 0.25) is 0 Å². The summed E-state index contributed by atoms with van der Waals surface area (Å²) in [6.07, 6.45) is 0. The molecule has 0 saturated heterocycles. The van der Waals surface area contributed by atoms with Crippen LogP contribution in [0.15, 0.2) is 36.4 Å². The fourth-order valence-electron chi connectivity index (χ4n) is 2.01. The summed E-state index contributed by atoms with van der Waals surface area (Å²) in [5.41, 5.74) is 3.57. The normalized spacial score (nSPS) is 10.3. The number of nitrogens with one attached hydrogen (secondary N) is 1. The molecule has 0 aliphatic heterocycles. The van der Waals surface area contributed by atoms with Gasteiger partial charge >= 0.3 is 0 Å². The number of benzene rings is 2. The van der Waals surface area contributed by atoms with Crippen LogP contribution in [0.1, 0.15) is 16.7 Å². The van der Waals surface area contributed by atoms with Gasteiger partial charge < -0.3 is 5.32 Å². The second kappa shape index (κ2) is 5.69. The average Bonchev–Trinajstić information content (AvgIpc) is 2.38. The number of hydrogen-bond acceptors (Lipinski definition) is 3. The third kappa shape index (κ3) is 3.12. The first-order valence-corrected chi connectivity index (χ1v) is 6.21. The van der Waals surface area contributed by atoms with Crippen LogP contribution in [-0.4, -0.2) is 4.92 Å². The predicted octanol–water partition coefficient (Wildman–Crippen LogP) is 3.96. The van der Waals surface area contributed by atoms with Crippen LogP contribution >= 0.6 is 0 Å². The third-order valence-electron chi connectivity index (χ3n) is 3.19. The van der Waals surface area contributed by atoms with Crippen LogP contribution in [0.25, 0.3) is 0 Å². The summed E-state index contributed by atoms with van der Waals surface area (Å²) in [5, 5.41) is 13.9. The van der Waals surface area contributed by atoms with Gasteiger partial charge in [-0.3, -0.25) is 10.1 Å². The lowest BCUT2D eigenvalue weighted by molar-refractivity contribution is -0.384. The summed E-state index contributed by atoms with van der Waals surface area (Å²) in [7, 11) is 0. The lowest BCUT2D eigenvalue weighted by Gasteiger charge is -2.11. The molecule has 2 aromatic carbocycles. The molecule has 20 heavy (non-hydrogen) atoms. The van der Waals surface area contributed by atoms with Crippen molar-refractivity contribution in [3.05, 3.63) is 69.0 Å². The Morgan fingerprint density at radius 3 is 2.50 bits per heavy atom. The number of hydrogen-bond donors (Lipinski definition) is 1. The zero-order valence-corrected chi connectivity index (χ0v) is 11.3. The van der Waals surface area contributed by atoms with E-state index in [0.717, 1.165) is 22.4 Å². The number of rotatable bonds is 4. The fraction of sp³-hybridized carbons (Fsp3) is 0.200.